The Morgan fingerprint density at radius 2 is 1.97 bits per heavy atom. The Hall–Kier alpha value is -3.21. The van der Waals surface area contributed by atoms with Crippen LogP contribution < -0.4 is 14.2 Å². The van der Waals surface area contributed by atoms with Gasteiger partial charge < -0.3 is 28.6 Å². The van der Waals surface area contributed by atoms with E-state index in [1.165, 1.54) is 6.07 Å². The van der Waals surface area contributed by atoms with Crippen LogP contribution in [0.25, 0.3) is 0 Å². The molecular weight excluding hydrogens is 484 g/mol. The summed E-state index contributed by atoms with van der Waals surface area (Å²) in [4.78, 5) is 6.30. The summed E-state index contributed by atoms with van der Waals surface area (Å²) in [5.41, 5.74) is -0.328. The SMILES string of the molecule is COc1ccc(CN2CCOC[C@@](O)(COc3ccc(F)c(F)c3)C2)cc1OCCCn1ccnc1C. The minimum absolute atomic E-state index is 0.0700. The van der Waals surface area contributed by atoms with Crippen LogP contribution in [0.3, 0.4) is 0 Å². The number of hydrogen-bond acceptors (Lipinski definition) is 7. The third kappa shape index (κ3) is 7.41. The third-order valence-corrected chi connectivity index (χ3v) is 6.20. The van der Waals surface area contributed by atoms with Crippen molar-refractivity contribution in [2.24, 2.45) is 0 Å². The van der Waals surface area contributed by atoms with Gasteiger partial charge in [0.1, 0.15) is 23.8 Å². The summed E-state index contributed by atoms with van der Waals surface area (Å²) in [5.74, 6) is 0.465. The number of ether oxygens (including phenoxy) is 4. The molecule has 1 aliphatic heterocycles. The summed E-state index contributed by atoms with van der Waals surface area (Å²) in [5, 5.41) is 11.2. The van der Waals surface area contributed by atoms with E-state index >= 15 is 0 Å². The Morgan fingerprint density at radius 1 is 1.11 bits per heavy atom. The van der Waals surface area contributed by atoms with Crippen LogP contribution in [0, 0.1) is 18.6 Å². The standard InChI is InChI=1S/C27H33F2N3O5/c1-20-30-8-10-32(20)9-3-12-36-26-14-21(4-7-25(26)34-2)16-31-11-13-35-18-27(33,17-31)19-37-22-5-6-23(28)24(29)15-22/h4-8,10,14-15,33H,3,9,11-13,16-19H2,1-2H3/t27-/m1/s1. The van der Waals surface area contributed by atoms with E-state index in [-0.39, 0.29) is 25.5 Å². The lowest BCUT2D eigenvalue weighted by Crippen LogP contribution is -2.48. The van der Waals surface area contributed by atoms with E-state index in [0.29, 0.717) is 37.8 Å². The molecule has 0 bridgehead atoms. The number of aliphatic hydroxyl groups is 1. The number of aromatic nitrogens is 2. The normalized spacial score (nSPS) is 18.4. The van der Waals surface area contributed by atoms with Gasteiger partial charge in [0, 0.05) is 44.6 Å². The largest absolute Gasteiger partial charge is 0.493 e. The van der Waals surface area contributed by atoms with Gasteiger partial charge >= 0.3 is 0 Å². The van der Waals surface area contributed by atoms with Gasteiger partial charge in [-0.05, 0) is 43.2 Å². The van der Waals surface area contributed by atoms with E-state index in [9.17, 15) is 13.9 Å². The molecule has 1 N–H and O–H groups in total. The molecule has 10 heteroatoms. The fourth-order valence-electron chi connectivity index (χ4n) is 4.25. The highest BCUT2D eigenvalue weighted by molar-refractivity contribution is 5.43. The number of benzene rings is 2. The quantitative estimate of drug-likeness (QED) is 0.390. The van der Waals surface area contributed by atoms with Crippen LogP contribution in [0.2, 0.25) is 0 Å². The second kappa shape index (κ2) is 12.4. The summed E-state index contributed by atoms with van der Waals surface area (Å²) < 4.78 is 51.5. The number of rotatable bonds is 11. The maximum absolute atomic E-state index is 13.5. The lowest BCUT2D eigenvalue weighted by atomic mass is 10.1. The highest BCUT2D eigenvalue weighted by atomic mass is 19.2. The minimum Gasteiger partial charge on any atom is -0.493 e. The van der Waals surface area contributed by atoms with Crippen LogP contribution in [0.1, 0.15) is 17.8 Å². The zero-order valence-electron chi connectivity index (χ0n) is 21.2. The average Bonchev–Trinajstić information content (AvgIpc) is 3.20. The van der Waals surface area contributed by atoms with Gasteiger partial charge in [-0.15, -0.1) is 0 Å². The Kier molecular flexibility index (Phi) is 8.96. The molecule has 4 rings (SSSR count). The number of hydrogen-bond donors (Lipinski definition) is 1. The van der Waals surface area contributed by atoms with Crippen molar-refractivity contribution in [1.82, 2.24) is 14.5 Å². The van der Waals surface area contributed by atoms with E-state index in [0.717, 1.165) is 36.5 Å². The van der Waals surface area contributed by atoms with Crippen molar-refractivity contribution in [2.75, 3.05) is 46.6 Å². The van der Waals surface area contributed by atoms with Gasteiger partial charge in [0.15, 0.2) is 23.1 Å². The van der Waals surface area contributed by atoms with Crippen molar-refractivity contribution in [2.45, 2.75) is 32.0 Å². The van der Waals surface area contributed by atoms with E-state index in [1.54, 1.807) is 13.3 Å². The predicted octanol–water partition coefficient (Wildman–Crippen LogP) is 3.59. The van der Waals surface area contributed by atoms with Gasteiger partial charge in [0.2, 0.25) is 0 Å². The van der Waals surface area contributed by atoms with Crippen molar-refractivity contribution < 1.29 is 32.8 Å². The lowest BCUT2D eigenvalue weighted by Gasteiger charge is -2.30. The smallest absolute Gasteiger partial charge is 0.162 e. The summed E-state index contributed by atoms with van der Waals surface area (Å²) in [6, 6.07) is 9.06. The number of β-amino-alcohol motifs (C(OH)–C–C–N with tert-alkyl or cyclic N) is 1. The Morgan fingerprint density at radius 3 is 2.73 bits per heavy atom. The summed E-state index contributed by atoms with van der Waals surface area (Å²) in [7, 11) is 1.61. The molecule has 200 valence electrons. The molecule has 0 saturated carbocycles. The molecule has 0 amide bonds. The van der Waals surface area contributed by atoms with Gasteiger partial charge in [-0.1, -0.05) is 6.07 Å². The molecule has 2 heterocycles. The second-order valence-electron chi connectivity index (χ2n) is 9.21. The number of imidazole rings is 1. The van der Waals surface area contributed by atoms with E-state index < -0.39 is 17.2 Å². The minimum atomic E-state index is -1.32. The summed E-state index contributed by atoms with van der Waals surface area (Å²) in [6.07, 6.45) is 4.55. The summed E-state index contributed by atoms with van der Waals surface area (Å²) >= 11 is 0. The molecule has 0 aliphatic carbocycles. The Balaban J connectivity index is 1.35. The predicted molar refractivity (Wildman–Crippen MR) is 133 cm³/mol. The monoisotopic (exact) mass is 517 g/mol. The molecule has 1 aromatic heterocycles. The zero-order valence-corrected chi connectivity index (χ0v) is 21.2. The van der Waals surface area contributed by atoms with Crippen molar-refractivity contribution >= 4 is 0 Å². The molecule has 3 aromatic rings. The molecule has 1 aliphatic rings. The van der Waals surface area contributed by atoms with Crippen LogP contribution in [0.15, 0.2) is 48.8 Å². The topological polar surface area (TPSA) is 78.2 Å². The molecule has 2 aromatic carbocycles. The van der Waals surface area contributed by atoms with Crippen LogP contribution >= 0.6 is 0 Å². The molecule has 0 radical (unpaired) electrons. The molecule has 1 atom stereocenters. The van der Waals surface area contributed by atoms with E-state index in [2.05, 4.69) is 14.5 Å². The molecular formula is C27H33F2N3O5. The second-order valence-corrected chi connectivity index (χ2v) is 9.21. The highest BCUT2D eigenvalue weighted by Crippen LogP contribution is 2.29. The first-order chi connectivity index (χ1) is 17.8. The Bertz CT molecular complexity index is 1170. The average molecular weight is 518 g/mol. The van der Waals surface area contributed by atoms with Crippen molar-refractivity contribution in [3.05, 3.63) is 71.8 Å². The van der Waals surface area contributed by atoms with Gasteiger partial charge in [0.05, 0.1) is 26.9 Å². The number of methoxy groups -OCH3 is 1. The molecule has 8 nitrogen and oxygen atoms in total. The molecule has 1 saturated heterocycles. The van der Waals surface area contributed by atoms with E-state index in [1.807, 2.05) is 31.3 Å². The maximum atomic E-state index is 13.5. The first-order valence-corrected chi connectivity index (χ1v) is 12.2. The zero-order chi connectivity index (χ0) is 26.3. The first-order valence-electron chi connectivity index (χ1n) is 12.2. The van der Waals surface area contributed by atoms with Crippen molar-refractivity contribution in [3.63, 3.8) is 0 Å². The first kappa shape index (κ1) is 26.8. The van der Waals surface area contributed by atoms with Crippen molar-refractivity contribution in [3.8, 4) is 17.2 Å². The van der Waals surface area contributed by atoms with Crippen LogP contribution in [0.5, 0.6) is 17.2 Å². The number of nitrogens with zero attached hydrogens (tertiary/aromatic N) is 3. The fraction of sp³-hybridized carbons (Fsp3) is 0.444. The molecule has 37 heavy (non-hydrogen) atoms. The van der Waals surface area contributed by atoms with E-state index in [4.69, 9.17) is 18.9 Å². The fourth-order valence-corrected chi connectivity index (χ4v) is 4.25. The van der Waals surface area contributed by atoms with Gasteiger partial charge in [-0.25, -0.2) is 13.8 Å². The maximum Gasteiger partial charge on any atom is 0.162 e. The van der Waals surface area contributed by atoms with Gasteiger partial charge in [0.25, 0.3) is 0 Å². The molecule has 0 unspecified atom stereocenters. The van der Waals surface area contributed by atoms with Gasteiger partial charge in [-0.2, -0.15) is 0 Å². The van der Waals surface area contributed by atoms with Crippen molar-refractivity contribution in [1.29, 1.82) is 0 Å². The van der Waals surface area contributed by atoms with Crippen LogP contribution in [-0.2, 0) is 17.8 Å². The van der Waals surface area contributed by atoms with Crippen LogP contribution in [-0.4, -0.2) is 71.8 Å². The molecule has 1 fully saturated rings. The highest BCUT2D eigenvalue weighted by Gasteiger charge is 2.33. The molecule has 0 spiro atoms. The Labute approximate surface area is 215 Å². The lowest BCUT2D eigenvalue weighted by molar-refractivity contribution is -0.0647. The van der Waals surface area contributed by atoms with Gasteiger partial charge in [-0.3, -0.25) is 4.90 Å². The summed E-state index contributed by atoms with van der Waals surface area (Å²) in [6.45, 7) is 5.14. The van der Waals surface area contributed by atoms with Crippen LogP contribution in [0.4, 0.5) is 8.78 Å². The number of halogens is 2. The number of aryl methyl sites for hydroxylation is 2. The third-order valence-electron chi connectivity index (χ3n) is 6.20.